The van der Waals surface area contributed by atoms with Crippen LogP contribution in [0.3, 0.4) is 0 Å². The van der Waals surface area contributed by atoms with Crippen LogP contribution < -0.4 is 0 Å². The molecule has 0 unspecified atom stereocenters. The summed E-state index contributed by atoms with van der Waals surface area (Å²) in [6.45, 7) is 0. The predicted octanol–water partition coefficient (Wildman–Crippen LogP) is 7.67. The van der Waals surface area contributed by atoms with E-state index in [1.807, 2.05) is 21.8 Å². The Morgan fingerprint density at radius 1 is 0.361 bits per heavy atom. The third-order valence-corrected chi connectivity index (χ3v) is 6.69. The third kappa shape index (κ3) is 3.31. The van der Waals surface area contributed by atoms with Crippen LogP contribution >= 0.6 is 0 Å². The fraction of sp³-hybridized carbons (Fsp3) is 0. The molecule has 0 atom stereocenters. The van der Waals surface area contributed by atoms with Gasteiger partial charge in [-0.3, -0.25) is 0 Å². The van der Waals surface area contributed by atoms with E-state index >= 15 is 0 Å². The molecule has 0 saturated carbocycles. The third-order valence-electron chi connectivity index (χ3n) is 6.69. The molecule has 0 aliphatic rings. The number of nitrogens with zero attached hydrogens (tertiary/aromatic N) is 4. The maximum Gasteiger partial charge on any atom is 0.0732 e. The Bertz CT molecular complexity index is 1690. The first-order valence-corrected chi connectivity index (χ1v) is 12.0. The van der Waals surface area contributed by atoms with E-state index in [1.165, 1.54) is 21.5 Å². The summed E-state index contributed by atoms with van der Waals surface area (Å²) in [4.78, 5) is 0. The summed E-state index contributed by atoms with van der Waals surface area (Å²) in [7, 11) is 0. The van der Waals surface area contributed by atoms with Crippen LogP contribution in [-0.4, -0.2) is 21.8 Å². The van der Waals surface area contributed by atoms with Crippen molar-refractivity contribution in [2.75, 3.05) is 0 Å². The molecule has 36 heavy (non-hydrogen) atoms. The molecule has 0 saturated heterocycles. The van der Waals surface area contributed by atoms with Crippen LogP contribution in [0.5, 0.6) is 0 Å². The van der Waals surface area contributed by atoms with Gasteiger partial charge in [0.1, 0.15) is 0 Å². The van der Waals surface area contributed by atoms with Crippen LogP contribution in [0, 0.1) is 0 Å². The molecular weight excluding hydrogens is 440 g/mol. The predicted molar refractivity (Wildman–Crippen MR) is 151 cm³/mol. The van der Waals surface area contributed by atoms with Gasteiger partial charge in [0.05, 0.1) is 34.5 Å². The van der Waals surface area contributed by atoms with E-state index in [0.29, 0.717) is 0 Å². The van der Waals surface area contributed by atoms with Crippen LogP contribution in [0.25, 0.3) is 43.6 Å². The lowest BCUT2D eigenvalue weighted by atomic mass is 10.2. The first-order chi connectivity index (χ1) is 17.9. The number of aromatic nitrogens is 2. The zero-order chi connectivity index (χ0) is 23.9. The molecule has 4 nitrogen and oxygen atoms in total. The minimum Gasteiger partial charge on any atom is -0.232 e. The van der Waals surface area contributed by atoms with E-state index in [9.17, 15) is 0 Å². The minimum absolute atomic E-state index is 1.03. The standard InChI is InChI=1S/C32H22N4/c1-5-13-29-25(9-1)26-10-2-6-14-30(26)35(29)33-21-23-17-19-24(20-18-23)22-34-36-31-15-7-3-11-27(31)28-12-4-8-16-32(28)36/h1-22H/b33-21+,34-22+. The summed E-state index contributed by atoms with van der Waals surface area (Å²) in [5.41, 5.74) is 6.47. The molecular formula is C32H22N4. The van der Waals surface area contributed by atoms with Gasteiger partial charge in [-0.1, -0.05) is 97.1 Å². The first-order valence-electron chi connectivity index (χ1n) is 12.0. The van der Waals surface area contributed by atoms with Crippen molar-refractivity contribution >= 4 is 56.0 Å². The summed E-state index contributed by atoms with van der Waals surface area (Å²) >= 11 is 0. The highest BCUT2D eigenvalue weighted by Crippen LogP contribution is 2.29. The van der Waals surface area contributed by atoms with E-state index < -0.39 is 0 Å². The second kappa shape index (κ2) is 8.36. The van der Waals surface area contributed by atoms with Crippen LogP contribution in [0.4, 0.5) is 0 Å². The molecule has 2 heterocycles. The molecule has 0 amide bonds. The monoisotopic (exact) mass is 462 g/mol. The number of benzene rings is 5. The lowest BCUT2D eigenvalue weighted by Crippen LogP contribution is -1.92. The summed E-state index contributed by atoms with van der Waals surface area (Å²) in [6.07, 6.45) is 3.82. The number of rotatable bonds is 4. The zero-order valence-corrected chi connectivity index (χ0v) is 19.5. The van der Waals surface area contributed by atoms with Gasteiger partial charge in [-0.05, 0) is 35.4 Å². The van der Waals surface area contributed by atoms with Gasteiger partial charge in [0, 0.05) is 21.5 Å². The van der Waals surface area contributed by atoms with Crippen molar-refractivity contribution in [1.82, 2.24) is 9.35 Å². The second-order valence-electron chi connectivity index (χ2n) is 8.85. The number of hydrogen-bond donors (Lipinski definition) is 0. The van der Waals surface area contributed by atoms with E-state index in [0.717, 1.165) is 33.2 Å². The maximum atomic E-state index is 4.83. The van der Waals surface area contributed by atoms with Gasteiger partial charge in [0.15, 0.2) is 0 Å². The van der Waals surface area contributed by atoms with Gasteiger partial charge in [-0.25, -0.2) is 9.35 Å². The molecule has 0 radical (unpaired) electrons. The fourth-order valence-corrected chi connectivity index (χ4v) is 4.97. The molecule has 0 aliphatic heterocycles. The van der Waals surface area contributed by atoms with Gasteiger partial charge in [-0.15, -0.1) is 0 Å². The van der Waals surface area contributed by atoms with Crippen molar-refractivity contribution < 1.29 is 0 Å². The van der Waals surface area contributed by atoms with Crippen molar-refractivity contribution in [3.8, 4) is 0 Å². The Morgan fingerprint density at radius 2 is 0.639 bits per heavy atom. The summed E-state index contributed by atoms with van der Waals surface area (Å²) in [5, 5.41) is 14.5. The highest BCUT2D eigenvalue weighted by atomic mass is 15.3. The molecule has 2 aromatic heterocycles. The van der Waals surface area contributed by atoms with Gasteiger partial charge in [0.2, 0.25) is 0 Å². The molecule has 0 spiro atoms. The Kier molecular flexibility index (Phi) is 4.74. The fourth-order valence-electron chi connectivity index (χ4n) is 4.97. The van der Waals surface area contributed by atoms with Crippen LogP contribution in [0.15, 0.2) is 132 Å². The second-order valence-corrected chi connectivity index (χ2v) is 8.85. The SMILES string of the molecule is C(=N\n1c2ccccc2c2ccccc21)/c1ccc(/C=N/n2c3ccccc3c3ccccc32)cc1. The average Bonchev–Trinajstić information content (AvgIpc) is 3.44. The van der Waals surface area contributed by atoms with Crippen LogP contribution in [0.2, 0.25) is 0 Å². The molecule has 7 aromatic rings. The molecule has 0 bridgehead atoms. The molecule has 7 rings (SSSR count). The molecule has 0 N–H and O–H groups in total. The van der Waals surface area contributed by atoms with E-state index in [-0.39, 0.29) is 0 Å². The summed E-state index contributed by atoms with van der Waals surface area (Å²) in [6, 6.07) is 41.8. The Hall–Kier alpha value is -4.96. The van der Waals surface area contributed by atoms with Crippen molar-refractivity contribution in [2.24, 2.45) is 10.2 Å². The minimum atomic E-state index is 1.03. The van der Waals surface area contributed by atoms with Crippen LogP contribution in [0.1, 0.15) is 11.1 Å². The van der Waals surface area contributed by atoms with Crippen molar-refractivity contribution in [3.05, 3.63) is 132 Å². The van der Waals surface area contributed by atoms with Gasteiger partial charge in [0.25, 0.3) is 0 Å². The molecule has 5 aromatic carbocycles. The molecule has 0 fully saturated rings. The quantitative estimate of drug-likeness (QED) is 0.241. The van der Waals surface area contributed by atoms with Gasteiger partial charge < -0.3 is 0 Å². The lowest BCUT2D eigenvalue weighted by molar-refractivity contribution is 0.974. The Morgan fingerprint density at radius 3 is 0.944 bits per heavy atom. The highest BCUT2D eigenvalue weighted by Gasteiger charge is 2.09. The largest absolute Gasteiger partial charge is 0.232 e. The van der Waals surface area contributed by atoms with Gasteiger partial charge >= 0.3 is 0 Å². The van der Waals surface area contributed by atoms with Gasteiger partial charge in [-0.2, -0.15) is 10.2 Å². The number of fused-ring (bicyclic) bond motifs is 6. The van der Waals surface area contributed by atoms with E-state index in [1.54, 1.807) is 0 Å². The average molecular weight is 463 g/mol. The normalized spacial score (nSPS) is 12.2. The van der Waals surface area contributed by atoms with E-state index in [2.05, 4.69) is 121 Å². The van der Waals surface area contributed by atoms with Crippen molar-refractivity contribution in [3.63, 3.8) is 0 Å². The molecule has 0 aliphatic carbocycles. The lowest BCUT2D eigenvalue weighted by Gasteiger charge is -2.01. The molecule has 4 heteroatoms. The smallest absolute Gasteiger partial charge is 0.0732 e. The van der Waals surface area contributed by atoms with Crippen molar-refractivity contribution in [2.45, 2.75) is 0 Å². The first kappa shape index (κ1) is 20.4. The number of para-hydroxylation sites is 4. The Labute approximate surface area is 208 Å². The topological polar surface area (TPSA) is 34.6 Å². The summed E-state index contributed by atoms with van der Waals surface area (Å²) < 4.78 is 4.03. The number of hydrogen-bond acceptors (Lipinski definition) is 2. The van der Waals surface area contributed by atoms with Crippen molar-refractivity contribution in [1.29, 1.82) is 0 Å². The zero-order valence-electron chi connectivity index (χ0n) is 19.5. The highest BCUT2D eigenvalue weighted by molar-refractivity contribution is 6.09. The maximum absolute atomic E-state index is 4.83. The summed E-state index contributed by atoms with van der Waals surface area (Å²) in [5.74, 6) is 0. The molecule has 170 valence electrons. The van der Waals surface area contributed by atoms with E-state index in [4.69, 9.17) is 10.2 Å². The Balaban J connectivity index is 1.21. The van der Waals surface area contributed by atoms with Crippen LogP contribution in [-0.2, 0) is 0 Å².